The minimum absolute atomic E-state index is 0.0310. The molecule has 0 aromatic heterocycles. The Balaban J connectivity index is 1.20. The standard InChI is InChI=1S/C30H28N4O4S/c1-3-21-14-20(2)15-25(16-21)37-13-12-36-24-11-7-8-22(17-24)18-26-28(31)34-30(32-29(26)35)39-27(33-34)19-38-23-9-5-4-6-10-23/h4-11,14-18,31H,3,12-13,19H2,1-2H3/b26-18-,31-28?. The first-order chi connectivity index (χ1) is 19.0. The average molecular weight is 541 g/mol. The molecule has 0 radical (unpaired) electrons. The Morgan fingerprint density at radius 1 is 0.923 bits per heavy atom. The Morgan fingerprint density at radius 2 is 1.69 bits per heavy atom. The maximum Gasteiger partial charge on any atom is 0.283 e. The molecule has 0 saturated carbocycles. The van der Waals surface area contributed by atoms with Crippen LogP contribution in [0.1, 0.15) is 23.6 Å². The van der Waals surface area contributed by atoms with Gasteiger partial charge in [-0.2, -0.15) is 15.1 Å². The molecule has 8 nitrogen and oxygen atoms in total. The van der Waals surface area contributed by atoms with Crippen molar-refractivity contribution in [3.05, 3.63) is 95.1 Å². The van der Waals surface area contributed by atoms with Crippen molar-refractivity contribution in [1.29, 1.82) is 5.41 Å². The first-order valence-corrected chi connectivity index (χ1v) is 13.4. The van der Waals surface area contributed by atoms with Crippen molar-refractivity contribution in [2.45, 2.75) is 20.3 Å². The van der Waals surface area contributed by atoms with E-state index in [1.54, 1.807) is 6.08 Å². The minimum Gasteiger partial charge on any atom is -0.490 e. The van der Waals surface area contributed by atoms with E-state index in [0.717, 1.165) is 17.7 Å². The largest absolute Gasteiger partial charge is 0.490 e. The Kier molecular flexibility index (Phi) is 8.07. The molecule has 0 atom stereocenters. The molecule has 0 aliphatic carbocycles. The smallest absolute Gasteiger partial charge is 0.283 e. The van der Waals surface area contributed by atoms with Crippen LogP contribution in [0, 0.1) is 12.3 Å². The normalized spacial score (nSPS) is 15.6. The van der Waals surface area contributed by atoms with E-state index in [9.17, 15) is 4.79 Å². The van der Waals surface area contributed by atoms with Crippen LogP contribution in [-0.2, 0) is 11.2 Å². The second-order valence-electron chi connectivity index (χ2n) is 8.89. The van der Waals surface area contributed by atoms with Gasteiger partial charge in [-0.1, -0.05) is 43.3 Å². The van der Waals surface area contributed by atoms with Crippen LogP contribution >= 0.6 is 11.8 Å². The van der Waals surface area contributed by atoms with Crippen molar-refractivity contribution < 1.29 is 19.0 Å². The van der Waals surface area contributed by atoms with E-state index in [2.05, 4.69) is 30.0 Å². The number of aliphatic imine (C=N–C) groups is 1. The molecule has 1 N–H and O–H groups in total. The summed E-state index contributed by atoms with van der Waals surface area (Å²) < 4.78 is 17.5. The van der Waals surface area contributed by atoms with E-state index in [0.29, 0.717) is 34.9 Å². The Bertz CT molecular complexity index is 1480. The molecule has 1 amide bonds. The summed E-state index contributed by atoms with van der Waals surface area (Å²) in [5, 5.41) is 15.4. The second-order valence-corrected chi connectivity index (χ2v) is 9.93. The number of hydrogen-bond donors (Lipinski definition) is 1. The van der Waals surface area contributed by atoms with Crippen molar-refractivity contribution in [1.82, 2.24) is 5.01 Å². The maximum atomic E-state index is 12.8. The quantitative estimate of drug-likeness (QED) is 0.261. The lowest BCUT2D eigenvalue weighted by molar-refractivity contribution is -0.114. The molecular formula is C30H28N4O4S. The summed E-state index contributed by atoms with van der Waals surface area (Å²) in [6, 6.07) is 23.0. The highest BCUT2D eigenvalue weighted by atomic mass is 32.2. The Morgan fingerprint density at radius 3 is 2.49 bits per heavy atom. The first kappa shape index (κ1) is 26.2. The summed E-state index contributed by atoms with van der Waals surface area (Å²) in [4.78, 5) is 16.9. The monoisotopic (exact) mass is 540 g/mol. The average Bonchev–Trinajstić information content (AvgIpc) is 3.36. The zero-order valence-corrected chi connectivity index (χ0v) is 22.5. The molecule has 3 aromatic rings. The molecule has 0 saturated heterocycles. The van der Waals surface area contributed by atoms with Gasteiger partial charge in [0.05, 0.1) is 5.57 Å². The number of nitrogens with zero attached hydrogens (tertiary/aromatic N) is 3. The molecule has 9 heteroatoms. The maximum absolute atomic E-state index is 12.8. The number of carbonyl (C=O) groups is 1. The summed E-state index contributed by atoms with van der Waals surface area (Å²) in [7, 11) is 0. The van der Waals surface area contributed by atoms with Crippen LogP contribution in [0.2, 0.25) is 0 Å². The highest BCUT2D eigenvalue weighted by molar-refractivity contribution is 8.27. The molecule has 3 aromatic carbocycles. The lowest BCUT2D eigenvalue weighted by Gasteiger charge is -2.20. The van der Waals surface area contributed by atoms with Gasteiger partial charge in [-0.3, -0.25) is 10.2 Å². The van der Waals surface area contributed by atoms with Crippen LogP contribution in [0.5, 0.6) is 17.2 Å². The topological polar surface area (TPSA) is 96.6 Å². The lowest BCUT2D eigenvalue weighted by Crippen LogP contribution is -2.35. The van der Waals surface area contributed by atoms with Crippen LogP contribution in [0.15, 0.2) is 88.5 Å². The van der Waals surface area contributed by atoms with Crippen molar-refractivity contribution in [2.24, 2.45) is 10.1 Å². The molecule has 39 heavy (non-hydrogen) atoms. The number of amidine groups is 2. The van der Waals surface area contributed by atoms with Gasteiger partial charge < -0.3 is 14.2 Å². The fourth-order valence-electron chi connectivity index (χ4n) is 4.04. The van der Waals surface area contributed by atoms with E-state index < -0.39 is 5.91 Å². The molecule has 2 aliphatic heterocycles. The predicted octanol–water partition coefficient (Wildman–Crippen LogP) is 5.71. The van der Waals surface area contributed by atoms with E-state index in [1.807, 2.05) is 66.7 Å². The molecule has 198 valence electrons. The molecule has 0 unspecified atom stereocenters. The zero-order valence-electron chi connectivity index (χ0n) is 21.7. The molecule has 0 bridgehead atoms. The van der Waals surface area contributed by atoms with E-state index in [1.165, 1.54) is 27.9 Å². The number of aryl methyl sites for hydroxylation is 2. The molecule has 0 spiro atoms. The molecule has 2 aliphatic rings. The first-order valence-electron chi connectivity index (χ1n) is 12.6. The number of nitrogens with one attached hydrogen (secondary N) is 1. The molecule has 2 heterocycles. The molecular weight excluding hydrogens is 512 g/mol. The van der Waals surface area contributed by atoms with E-state index >= 15 is 0 Å². The van der Waals surface area contributed by atoms with Crippen LogP contribution in [0.3, 0.4) is 0 Å². The summed E-state index contributed by atoms with van der Waals surface area (Å²) in [5.74, 6) is 1.68. The highest BCUT2D eigenvalue weighted by Crippen LogP contribution is 2.29. The number of carbonyl (C=O) groups excluding carboxylic acids is 1. The summed E-state index contributed by atoms with van der Waals surface area (Å²) in [5.41, 5.74) is 3.27. The van der Waals surface area contributed by atoms with Crippen LogP contribution in [-0.4, -0.2) is 46.8 Å². The van der Waals surface area contributed by atoms with Gasteiger partial charge in [0.2, 0.25) is 5.17 Å². The highest BCUT2D eigenvalue weighted by Gasteiger charge is 2.35. The second kappa shape index (κ2) is 12.0. The third-order valence-corrected chi connectivity index (χ3v) is 6.79. The van der Waals surface area contributed by atoms with Gasteiger partial charge in [0.25, 0.3) is 5.91 Å². The fourth-order valence-corrected chi connectivity index (χ4v) is 4.84. The van der Waals surface area contributed by atoms with Crippen molar-refractivity contribution >= 4 is 39.8 Å². The van der Waals surface area contributed by atoms with Gasteiger partial charge in [0.15, 0.2) is 5.84 Å². The van der Waals surface area contributed by atoms with Gasteiger partial charge in [-0.05, 0) is 84.3 Å². The van der Waals surface area contributed by atoms with Crippen molar-refractivity contribution in [3.63, 3.8) is 0 Å². The number of benzene rings is 3. The summed E-state index contributed by atoms with van der Waals surface area (Å²) in [6.07, 6.45) is 2.59. The number of thioether (sulfide) groups is 1. The van der Waals surface area contributed by atoms with Gasteiger partial charge >= 0.3 is 0 Å². The predicted molar refractivity (Wildman–Crippen MR) is 155 cm³/mol. The Hall–Kier alpha value is -4.37. The fraction of sp³-hybridized carbons (Fsp3) is 0.200. The van der Waals surface area contributed by atoms with Crippen LogP contribution < -0.4 is 14.2 Å². The molecule has 5 rings (SSSR count). The van der Waals surface area contributed by atoms with E-state index in [4.69, 9.17) is 19.6 Å². The third-order valence-electron chi connectivity index (χ3n) is 5.91. The molecule has 0 fully saturated rings. The SMILES string of the molecule is CCc1cc(C)cc(OCCOc2cccc(/C=C3/C(=N)N4N=C(COc5ccccc5)SC4=NC3=O)c2)c1. The number of amides is 1. The number of ether oxygens (including phenoxy) is 3. The number of fused-ring (bicyclic) bond motifs is 1. The van der Waals surface area contributed by atoms with Gasteiger partial charge in [-0.15, -0.1) is 0 Å². The summed E-state index contributed by atoms with van der Waals surface area (Å²) in [6.45, 7) is 5.16. The Labute approximate surface area is 231 Å². The lowest BCUT2D eigenvalue weighted by atomic mass is 10.1. The number of rotatable bonds is 10. The van der Waals surface area contributed by atoms with Crippen molar-refractivity contribution in [2.75, 3.05) is 19.8 Å². The van der Waals surface area contributed by atoms with Crippen LogP contribution in [0.4, 0.5) is 0 Å². The van der Waals surface area contributed by atoms with Gasteiger partial charge in [0, 0.05) is 0 Å². The van der Waals surface area contributed by atoms with Crippen molar-refractivity contribution in [3.8, 4) is 17.2 Å². The van der Waals surface area contributed by atoms with Gasteiger partial charge in [0.1, 0.15) is 42.1 Å². The third kappa shape index (κ3) is 6.56. The number of hydrazone groups is 1. The number of hydrogen-bond acceptors (Lipinski definition) is 7. The zero-order chi connectivity index (χ0) is 27.2. The van der Waals surface area contributed by atoms with E-state index in [-0.39, 0.29) is 18.0 Å². The minimum atomic E-state index is -0.483. The number of para-hydroxylation sites is 1. The van der Waals surface area contributed by atoms with Gasteiger partial charge in [-0.25, -0.2) is 0 Å². The van der Waals surface area contributed by atoms with Crippen LogP contribution in [0.25, 0.3) is 6.08 Å². The summed E-state index contributed by atoms with van der Waals surface area (Å²) >= 11 is 1.22.